The van der Waals surface area contributed by atoms with E-state index < -0.39 is 15.4 Å². The molecule has 6 nitrogen and oxygen atoms in total. The van der Waals surface area contributed by atoms with Crippen molar-refractivity contribution in [2.24, 2.45) is 5.41 Å². The SMILES string of the molecule is CCC(C#N)(CC)C(=O)NCCCNS(C)(=O)=O. The molecule has 0 saturated carbocycles. The monoisotopic (exact) mass is 275 g/mol. The third-order valence-corrected chi connectivity index (χ3v) is 3.59. The lowest BCUT2D eigenvalue weighted by atomic mass is 9.83. The number of hydrogen-bond acceptors (Lipinski definition) is 4. The fourth-order valence-electron chi connectivity index (χ4n) is 1.50. The van der Waals surface area contributed by atoms with Crippen LogP contribution in [0.25, 0.3) is 0 Å². The van der Waals surface area contributed by atoms with Gasteiger partial charge in [0, 0.05) is 13.1 Å². The molecule has 0 aliphatic carbocycles. The summed E-state index contributed by atoms with van der Waals surface area (Å²) in [6, 6.07) is 2.06. The lowest BCUT2D eigenvalue weighted by molar-refractivity contribution is -0.128. The Labute approximate surface area is 109 Å². The molecule has 1 amide bonds. The molecular formula is C11H21N3O3S. The van der Waals surface area contributed by atoms with Crippen LogP contribution in [0.4, 0.5) is 0 Å². The largest absolute Gasteiger partial charge is 0.355 e. The molecule has 0 heterocycles. The van der Waals surface area contributed by atoms with E-state index in [-0.39, 0.29) is 12.5 Å². The Morgan fingerprint density at radius 1 is 1.28 bits per heavy atom. The lowest BCUT2D eigenvalue weighted by Crippen LogP contribution is -2.40. The molecule has 2 N–H and O–H groups in total. The van der Waals surface area contributed by atoms with Crippen LogP contribution >= 0.6 is 0 Å². The number of amides is 1. The van der Waals surface area contributed by atoms with Gasteiger partial charge in [-0.25, -0.2) is 13.1 Å². The van der Waals surface area contributed by atoms with Crippen molar-refractivity contribution >= 4 is 15.9 Å². The molecule has 0 aromatic rings. The maximum Gasteiger partial charge on any atom is 0.240 e. The highest BCUT2D eigenvalue weighted by molar-refractivity contribution is 7.88. The topological polar surface area (TPSA) is 99.1 Å². The Bertz CT molecular complexity index is 408. The second-order valence-electron chi connectivity index (χ2n) is 4.18. The van der Waals surface area contributed by atoms with E-state index in [2.05, 4.69) is 16.1 Å². The predicted molar refractivity (Wildman–Crippen MR) is 69.1 cm³/mol. The summed E-state index contributed by atoms with van der Waals surface area (Å²) in [5.74, 6) is -0.283. The average Bonchev–Trinajstić information content (AvgIpc) is 2.30. The van der Waals surface area contributed by atoms with E-state index in [0.29, 0.717) is 25.8 Å². The van der Waals surface area contributed by atoms with Gasteiger partial charge in [0.15, 0.2) is 0 Å². The zero-order valence-electron chi connectivity index (χ0n) is 11.1. The number of carbonyl (C=O) groups is 1. The van der Waals surface area contributed by atoms with Crippen LogP contribution in [0, 0.1) is 16.7 Å². The van der Waals surface area contributed by atoms with Gasteiger partial charge in [-0.2, -0.15) is 5.26 Å². The lowest BCUT2D eigenvalue weighted by Gasteiger charge is -2.22. The van der Waals surface area contributed by atoms with E-state index in [1.54, 1.807) is 13.8 Å². The molecule has 0 bridgehead atoms. The van der Waals surface area contributed by atoms with Crippen molar-refractivity contribution in [2.75, 3.05) is 19.3 Å². The molecule has 0 unspecified atom stereocenters. The van der Waals surface area contributed by atoms with Gasteiger partial charge in [-0.05, 0) is 19.3 Å². The van der Waals surface area contributed by atoms with E-state index in [4.69, 9.17) is 5.26 Å². The van der Waals surface area contributed by atoms with Gasteiger partial charge in [-0.1, -0.05) is 13.8 Å². The van der Waals surface area contributed by atoms with Crippen molar-refractivity contribution in [3.63, 3.8) is 0 Å². The summed E-state index contributed by atoms with van der Waals surface area (Å²) in [6.07, 6.45) is 2.51. The van der Waals surface area contributed by atoms with Crippen LogP contribution in [-0.2, 0) is 14.8 Å². The summed E-state index contributed by atoms with van der Waals surface area (Å²) in [5.41, 5.74) is -0.968. The van der Waals surface area contributed by atoms with Crippen molar-refractivity contribution in [2.45, 2.75) is 33.1 Å². The summed E-state index contributed by atoms with van der Waals surface area (Å²) in [4.78, 5) is 11.8. The maximum atomic E-state index is 11.8. The number of sulfonamides is 1. The number of rotatable bonds is 8. The maximum absolute atomic E-state index is 11.8. The zero-order chi connectivity index (χ0) is 14.2. The summed E-state index contributed by atoms with van der Waals surface area (Å²) < 4.78 is 23.9. The average molecular weight is 275 g/mol. The van der Waals surface area contributed by atoms with Crippen LogP contribution in [0.1, 0.15) is 33.1 Å². The number of nitriles is 1. The fraction of sp³-hybridized carbons (Fsp3) is 0.818. The van der Waals surface area contributed by atoms with Crippen LogP contribution in [0.15, 0.2) is 0 Å². The van der Waals surface area contributed by atoms with E-state index in [1.807, 2.05) is 0 Å². The molecule has 0 spiro atoms. The van der Waals surface area contributed by atoms with Crippen molar-refractivity contribution in [1.29, 1.82) is 5.26 Å². The highest BCUT2D eigenvalue weighted by Gasteiger charge is 2.34. The van der Waals surface area contributed by atoms with Crippen molar-refractivity contribution in [3.8, 4) is 6.07 Å². The van der Waals surface area contributed by atoms with E-state index in [1.165, 1.54) is 0 Å². The van der Waals surface area contributed by atoms with Gasteiger partial charge in [0.05, 0.1) is 12.3 Å². The summed E-state index contributed by atoms with van der Waals surface area (Å²) in [5, 5.41) is 11.7. The highest BCUT2D eigenvalue weighted by Crippen LogP contribution is 2.25. The Morgan fingerprint density at radius 3 is 2.22 bits per heavy atom. The molecule has 0 fully saturated rings. The molecule has 0 aromatic carbocycles. The summed E-state index contributed by atoms with van der Waals surface area (Å²) >= 11 is 0. The molecule has 0 aliphatic rings. The Kier molecular flexibility index (Phi) is 6.88. The van der Waals surface area contributed by atoms with E-state index in [0.717, 1.165) is 6.26 Å². The Morgan fingerprint density at radius 2 is 1.83 bits per heavy atom. The minimum atomic E-state index is -3.18. The van der Waals surface area contributed by atoms with Crippen molar-refractivity contribution < 1.29 is 13.2 Å². The van der Waals surface area contributed by atoms with Gasteiger partial charge in [0.1, 0.15) is 5.41 Å². The first kappa shape index (κ1) is 16.9. The third kappa shape index (κ3) is 5.47. The molecule has 0 saturated heterocycles. The minimum absolute atomic E-state index is 0.275. The van der Waals surface area contributed by atoms with Gasteiger partial charge in [0.2, 0.25) is 15.9 Å². The number of hydrogen-bond donors (Lipinski definition) is 2. The van der Waals surface area contributed by atoms with Gasteiger partial charge in [0.25, 0.3) is 0 Å². The zero-order valence-corrected chi connectivity index (χ0v) is 11.9. The first-order chi connectivity index (χ1) is 8.31. The van der Waals surface area contributed by atoms with Crippen LogP contribution in [0.3, 0.4) is 0 Å². The Balaban J connectivity index is 4.08. The van der Waals surface area contributed by atoms with Crippen LogP contribution in [0.5, 0.6) is 0 Å². The number of nitrogens with zero attached hydrogens (tertiary/aromatic N) is 1. The van der Waals surface area contributed by atoms with Crippen molar-refractivity contribution in [1.82, 2.24) is 10.0 Å². The molecule has 0 atom stereocenters. The normalized spacial score (nSPS) is 11.9. The van der Waals surface area contributed by atoms with E-state index >= 15 is 0 Å². The van der Waals surface area contributed by atoms with Gasteiger partial charge in [-0.3, -0.25) is 4.79 Å². The minimum Gasteiger partial charge on any atom is -0.355 e. The molecule has 0 radical (unpaired) electrons. The fourth-order valence-corrected chi connectivity index (χ4v) is 2.01. The standard InChI is InChI=1S/C11H21N3O3S/c1-4-11(5-2,9-12)10(15)13-7-6-8-14-18(3,16)17/h14H,4-8H2,1-3H3,(H,13,15). The van der Waals surface area contributed by atoms with Gasteiger partial charge >= 0.3 is 0 Å². The quantitative estimate of drug-likeness (QED) is 0.625. The molecule has 7 heteroatoms. The summed E-state index contributed by atoms with van der Waals surface area (Å²) in [6.45, 7) is 4.23. The van der Waals surface area contributed by atoms with Crippen LogP contribution in [-0.4, -0.2) is 33.7 Å². The molecule has 0 aromatic heterocycles. The second-order valence-corrected chi connectivity index (χ2v) is 6.01. The third-order valence-electron chi connectivity index (χ3n) is 2.86. The van der Waals surface area contributed by atoms with E-state index in [9.17, 15) is 13.2 Å². The van der Waals surface area contributed by atoms with Crippen LogP contribution in [0.2, 0.25) is 0 Å². The number of nitrogens with one attached hydrogen (secondary N) is 2. The molecule has 0 aliphatic heterocycles. The smallest absolute Gasteiger partial charge is 0.240 e. The van der Waals surface area contributed by atoms with Crippen molar-refractivity contribution in [3.05, 3.63) is 0 Å². The van der Waals surface area contributed by atoms with Gasteiger partial charge in [-0.15, -0.1) is 0 Å². The van der Waals surface area contributed by atoms with Crippen LogP contribution < -0.4 is 10.0 Å². The number of carbonyl (C=O) groups excluding carboxylic acids is 1. The molecule has 18 heavy (non-hydrogen) atoms. The molecule has 0 rings (SSSR count). The Hall–Kier alpha value is -1.13. The first-order valence-corrected chi connectivity index (χ1v) is 7.84. The summed E-state index contributed by atoms with van der Waals surface area (Å²) in [7, 11) is -3.18. The predicted octanol–water partition coefficient (Wildman–Crippen LogP) is 0.372. The highest BCUT2D eigenvalue weighted by atomic mass is 32.2. The molecule has 104 valence electrons. The molecular weight excluding hydrogens is 254 g/mol. The first-order valence-electron chi connectivity index (χ1n) is 5.95. The second kappa shape index (κ2) is 7.34. The van der Waals surface area contributed by atoms with Gasteiger partial charge < -0.3 is 5.32 Å².